The second kappa shape index (κ2) is 8.32. The molecule has 2 heterocycles. The summed E-state index contributed by atoms with van der Waals surface area (Å²) in [6, 6.07) is 14.0. The van der Waals surface area contributed by atoms with Gasteiger partial charge in [0.1, 0.15) is 11.3 Å². The van der Waals surface area contributed by atoms with Gasteiger partial charge in [-0.25, -0.2) is 4.68 Å². The van der Waals surface area contributed by atoms with E-state index in [9.17, 15) is 14.9 Å². The summed E-state index contributed by atoms with van der Waals surface area (Å²) in [6.45, 7) is 3.18. The smallest absolute Gasteiger partial charge is 0.282 e. The van der Waals surface area contributed by atoms with Gasteiger partial charge in [0, 0.05) is 24.8 Å². The average Bonchev–Trinajstić information content (AvgIpc) is 3.46. The number of likely N-dealkylation sites (tertiary alicyclic amines) is 1. The monoisotopic (exact) mass is 406 g/mol. The van der Waals surface area contributed by atoms with E-state index in [1.54, 1.807) is 21.7 Å². The van der Waals surface area contributed by atoms with Gasteiger partial charge >= 0.3 is 0 Å². The van der Waals surface area contributed by atoms with Crippen molar-refractivity contribution < 1.29 is 9.72 Å². The van der Waals surface area contributed by atoms with Crippen molar-refractivity contribution >= 4 is 17.3 Å². The molecule has 1 N–H and O–H groups in total. The SMILES string of the molecule is CC(Nc1ccc([N+](=O)[O-])c(C(=O)N2CCCC2)c1)c1cn(-c2ccccc2)nn1. The highest BCUT2D eigenvalue weighted by atomic mass is 16.6. The molecule has 0 spiro atoms. The molecule has 2 aromatic carbocycles. The van der Waals surface area contributed by atoms with Crippen molar-refractivity contribution in [3.8, 4) is 5.69 Å². The van der Waals surface area contributed by atoms with Gasteiger partial charge in [-0.1, -0.05) is 23.4 Å². The second-order valence-electron chi connectivity index (χ2n) is 7.28. The molecule has 1 amide bonds. The molecule has 1 aromatic heterocycles. The Morgan fingerprint density at radius 1 is 1.17 bits per heavy atom. The topological polar surface area (TPSA) is 106 Å². The number of anilines is 1. The average molecular weight is 406 g/mol. The molecule has 1 saturated heterocycles. The molecule has 1 fully saturated rings. The second-order valence-corrected chi connectivity index (χ2v) is 7.28. The van der Waals surface area contributed by atoms with Crippen LogP contribution < -0.4 is 5.32 Å². The summed E-state index contributed by atoms with van der Waals surface area (Å²) >= 11 is 0. The quantitative estimate of drug-likeness (QED) is 0.495. The van der Waals surface area contributed by atoms with E-state index in [4.69, 9.17) is 0 Å². The molecule has 0 aliphatic carbocycles. The van der Waals surface area contributed by atoms with E-state index in [0.29, 0.717) is 24.5 Å². The van der Waals surface area contributed by atoms with Crippen LogP contribution in [0.15, 0.2) is 54.7 Å². The minimum Gasteiger partial charge on any atom is -0.377 e. The molecule has 9 heteroatoms. The van der Waals surface area contributed by atoms with Crippen LogP contribution >= 0.6 is 0 Å². The molecular weight excluding hydrogens is 384 g/mol. The summed E-state index contributed by atoms with van der Waals surface area (Å²) in [5.41, 5.74) is 2.15. The highest BCUT2D eigenvalue weighted by Crippen LogP contribution is 2.27. The van der Waals surface area contributed by atoms with Gasteiger partial charge in [-0.2, -0.15) is 0 Å². The summed E-state index contributed by atoms with van der Waals surface area (Å²) in [6.07, 6.45) is 3.67. The van der Waals surface area contributed by atoms with Crippen LogP contribution in [0.25, 0.3) is 5.69 Å². The van der Waals surface area contributed by atoms with Crippen molar-refractivity contribution in [1.82, 2.24) is 19.9 Å². The lowest BCUT2D eigenvalue weighted by Crippen LogP contribution is -2.28. The van der Waals surface area contributed by atoms with Crippen molar-refractivity contribution in [2.75, 3.05) is 18.4 Å². The van der Waals surface area contributed by atoms with Crippen molar-refractivity contribution in [2.24, 2.45) is 0 Å². The first-order valence-electron chi connectivity index (χ1n) is 9.85. The first-order chi connectivity index (χ1) is 14.5. The van der Waals surface area contributed by atoms with Gasteiger partial charge in [0.15, 0.2) is 0 Å². The van der Waals surface area contributed by atoms with Gasteiger partial charge in [-0.05, 0) is 44.0 Å². The number of nitrogens with one attached hydrogen (secondary N) is 1. The lowest BCUT2D eigenvalue weighted by atomic mass is 10.1. The summed E-state index contributed by atoms with van der Waals surface area (Å²) in [4.78, 5) is 25.4. The zero-order chi connectivity index (χ0) is 21.1. The number of benzene rings is 2. The fourth-order valence-corrected chi connectivity index (χ4v) is 3.55. The van der Waals surface area contributed by atoms with E-state index in [-0.39, 0.29) is 23.2 Å². The van der Waals surface area contributed by atoms with Crippen LogP contribution in [-0.4, -0.2) is 43.8 Å². The fraction of sp³-hybridized carbons (Fsp3) is 0.286. The maximum atomic E-state index is 12.8. The summed E-state index contributed by atoms with van der Waals surface area (Å²) in [7, 11) is 0. The summed E-state index contributed by atoms with van der Waals surface area (Å²) < 4.78 is 1.69. The number of hydrogen-bond acceptors (Lipinski definition) is 6. The third kappa shape index (κ3) is 4.00. The molecule has 1 aliphatic rings. The highest BCUT2D eigenvalue weighted by molar-refractivity contribution is 5.99. The molecule has 3 aromatic rings. The van der Waals surface area contributed by atoms with Crippen molar-refractivity contribution in [3.63, 3.8) is 0 Å². The minimum absolute atomic E-state index is 0.104. The predicted octanol–water partition coefficient (Wildman–Crippen LogP) is 3.58. The fourth-order valence-electron chi connectivity index (χ4n) is 3.55. The number of nitro groups is 1. The summed E-state index contributed by atoms with van der Waals surface area (Å²) in [5.74, 6) is -0.300. The largest absolute Gasteiger partial charge is 0.377 e. The van der Waals surface area contributed by atoms with Crippen molar-refractivity contribution in [3.05, 3.63) is 76.1 Å². The number of rotatable bonds is 6. The molecule has 1 atom stereocenters. The van der Waals surface area contributed by atoms with Crippen LogP contribution in [0.1, 0.15) is 41.9 Å². The Morgan fingerprint density at radius 2 is 1.90 bits per heavy atom. The molecule has 30 heavy (non-hydrogen) atoms. The van der Waals surface area contributed by atoms with E-state index in [1.807, 2.05) is 43.5 Å². The van der Waals surface area contributed by atoms with Gasteiger partial charge in [0.2, 0.25) is 0 Å². The minimum atomic E-state index is -0.512. The van der Waals surface area contributed by atoms with Gasteiger partial charge in [-0.3, -0.25) is 14.9 Å². The Morgan fingerprint density at radius 3 is 2.60 bits per heavy atom. The number of aromatic nitrogens is 3. The van der Waals surface area contributed by atoms with Crippen LogP contribution in [-0.2, 0) is 0 Å². The molecule has 1 aliphatic heterocycles. The van der Waals surface area contributed by atoms with Crippen molar-refractivity contribution in [1.29, 1.82) is 0 Å². The van der Waals surface area contributed by atoms with Gasteiger partial charge in [0.25, 0.3) is 11.6 Å². The normalized spacial score (nSPS) is 14.5. The van der Waals surface area contributed by atoms with Gasteiger partial charge in [0.05, 0.1) is 22.8 Å². The summed E-state index contributed by atoms with van der Waals surface area (Å²) in [5, 5.41) is 23.1. The van der Waals surface area contributed by atoms with Gasteiger partial charge in [-0.15, -0.1) is 5.10 Å². The Bertz CT molecular complexity index is 1060. The van der Waals surface area contributed by atoms with Gasteiger partial charge < -0.3 is 10.2 Å². The van der Waals surface area contributed by atoms with Crippen LogP contribution in [0.4, 0.5) is 11.4 Å². The first-order valence-corrected chi connectivity index (χ1v) is 9.85. The molecule has 9 nitrogen and oxygen atoms in total. The third-order valence-corrected chi connectivity index (χ3v) is 5.18. The zero-order valence-corrected chi connectivity index (χ0v) is 16.6. The first kappa shape index (κ1) is 19.6. The maximum Gasteiger partial charge on any atom is 0.282 e. The van der Waals surface area contributed by atoms with E-state index < -0.39 is 4.92 Å². The number of amides is 1. The molecule has 1 unspecified atom stereocenters. The molecular formula is C21H22N6O3. The Labute approximate surface area is 173 Å². The third-order valence-electron chi connectivity index (χ3n) is 5.18. The number of nitro benzene ring substituents is 1. The molecule has 4 rings (SSSR count). The highest BCUT2D eigenvalue weighted by Gasteiger charge is 2.27. The lowest BCUT2D eigenvalue weighted by Gasteiger charge is -2.17. The predicted molar refractivity (Wildman–Crippen MR) is 112 cm³/mol. The molecule has 0 bridgehead atoms. The van der Waals surface area contributed by atoms with Crippen LogP contribution in [0.5, 0.6) is 0 Å². The zero-order valence-electron chi connectivity index (χ0n) is 16.6. The number of carbonyl (C=O) groups excluding carboxylic acids is 1. The van der Waals surface area contributed by atoms with E-state index in [1.165, 1.54) is 6.07 Å². The number of nitrogens with zero attached hydrogens (tertiary/aromatic N) is 5. The Balaban J connectivity index is 1.55. The maximum absolute atomic E-state index is 12.8. The van der Waals surface area contributed by atoms with Crippen LogP contribution in [0.2, 0.25) is 0 Å². The standard InChI is InChI=1S/C21H22N6O3/c1-15(19-14-26(24-23-19)17-7-3-2-4-8-17)22-16-9-10-20(27(29)30)18(13-16)21(28)25-11-5-6-12-25/h2-4,7-10,13-15,22H,5-6,11-12H2,1H3. The van der Waals surface area contributed by atoms with Crippen LogP contribution in [0.3, 0.4) is 0 Å². The Kier molecular flexibility index (Phi) is 5.42. The lowest BCUT2D eigenvalue weighted by molar-refractivity contribution is -0.385. The molecule has 154 valence electrons. The number of carbonyl (C=O) groups is 1. The number of para-hydroxylation sites is 1. The van der Waals surface area contributed by atoms with Crippen LogP contribution in [0, 0.1) is 10.1 Å². The Hall–Kier alpha value is -3.75. The van der Waals surface area contributed by atoms with E-state index in [0.717, 1.165) is 18.5 Å². The molecule has 0 saturated carbocycles. The van der Waals surface area contributed by atoms with E-state index in [2.05, 4.69) is 15.6 Å². The van der Waals surface area contributed by atoms with E-state index >= 15 is 0 Å². The number of hydrogen-bond donors (Lipinski definition) is 1. The molecule has 0 radical (unpaired) electrons. The van der Waals surface area contributed by atoms with Crippen molar-refractivity contribution in [2.45, 2.75) is 25.8 Å².